The maximum absolute atomic E-state index is 12.1. The van der Waals surface area contributed by atoms with Crippen LogP contribution in [0.15, 0.2) is 36.4 Å². The highest BCUT2D eigenvalue weighted by molar-refractivity contribution is 14.1. The van der Waals surface area contributed by atoms with Crippen LogP contribution in [0.25, 0.3) is 0 Å². The van der Waals surface area contributed by atoms with Gasteiger partial charge in [-0.3, -0.25) is 4.79 Å². The lowest BCUT2D eigenvalue weighted by atomic mass is 10.1. The predicted octanol–water partition coefficient (Wildman–Crippen LogP) is 4.00. The summed E-state index contributed by atoms with van der Waals surface area (Å²) in [6, 6.07) is 9.56. The first-order chi connectivity index (χ1) is 12.8. The third-order valence-corrected chi connectivity index (χ3v) is 5.11. The number of amides is 1. The number of nitrogens with one attached hydrogen (secondary N) is 1. The van der Waals surface area contributed by atoms with Gasteiger partial charge in [0.25, 0.3) is 0 Å². The summed E-state index contributed by atoms with van der Waals surface area (Å²) in [4.78, 5) is 23.5. The van der Waals surface area contributed by atoms with Gasteiger partial charge in [-0.15, -0.1) is 0 Å². The van der Waals surface area contributed by atoms with Crippen molar-refractivity contribution in [3.63, 3.8) is 0 Å². The number of rotatable bonds is 7. The number of halogens is 2. The van der Waals surface area contributed by atoms with E-state index in [0.717, 1.165) is 12.7 Å². The second-order valence-corrected chi connectivity index (χ2v) is 8.02. The second kappa shape index (κ2) is 10.1. The van der Waals surface area contributed by atoms with Crippen LogP contribution in [0.1, 0.15) is 19.4 Å². The lowest BCUT2D eigenvalue weighted by Crippen LogP contribution is -2.42. The largest absolute Gasteiger partial charge is 0.508 e. The summed E-state index contributed by atoms with van der Waals surface area (Å²) < 4.78 is 12.7. The van der Waals surface area contributed by atoms with Crippen LogP contribution in [0.3, 0.4) is 0 Å². The average molecular weight is 595 g/mol. The molecule has 144 valence electrons. The van der Waals surface area contributed by atoms with E-state index in [1.807, 2.05) is 12.1 Å². The van der Waals surface area contributed by atoms with E-state index < -0.39 is 12.0 Å². The maximum Gasteiger partial charge on any atom is 0.328 e. The van der Waals surface area contributed by atoms with Gasteiger partial charge in [0.2, 0.25) is 5.91 Å². The van der Waals surface area contributed by atoms with Crippen LogP contribution in [0.2, 0.25) is 0 Å². The van der Waals surface area contributed by atoms with E-state index in [-0.39, 0.29) is 18.3 Å². The van der Waals surface area contributed by atoms with E-state index in [4.69, 9.17) is 9.47 Å². The van der Waals surface area contributed by atoms with Gasteiger partial charge in [0.1, 0.15) is 17.5 Å². The maximum atomic E-state index is 12.1. The second-order valence-electron chi connectivity index (χ2n) is 5.69. The Bertz CT molecular complexity index is 800. The zero-order valence-corrected chi connectivity index (χ0v) is 19.1. The Balaban J connectivity index is 2.22. The van der Waals surface area contributed by atoms with Gasteiger partial charge in [0.05, 0.1) is 13.7 Å². The number of carbonyl (C=O) groups excluding carboxylic acids is 2. The predicted molar refractivity (Wildman–Crippen MR) is 118 cm³/mol. The first kappa shape index (κ1) is 21.7. The van der Waals surface area contributed by atoms with Gasteiger partial charge in [-0.2, -0.15) is 0 Å². The monoisotopic (exact) mass is 595 g/mol. The summed E-state index contributed by atoms with van der Waals surface area (Å²) in [5.41, 5.74) is 0.883. The Kier molecular flexibility index (Phi) is 8.14. The molecule has 1 atom stereocenters. The molecule has 2 N–H and O–H groups in total. The smallest absolute Gasteiger partial charge is 0.328 e. The molecule has 2 aromatic carbocycles. The van der Waals surface area contributed by atoms with Gasteiger partial charge in [-0.05, 0) is 94.1 Å². The molecule has 0 aromatic heterocycles. The molecule has 0 bridgehead atoms. The van der Waals surface area contributed by atoms with Crippen molar-refractivity contribution in [3.05, 3.63) is 49.1 Å². The van der Waals surface area contributed by atoms with E-state index >= 15 is 0 Å². The van der Waals surface area contributed by atoms with Crippen molar-refractivity contribution >= 4 is 57.1 Å². The average Bonchev–Trinajstić information content (AvgIpc) is 2.59. The zero-order valence-electron chi connectivity index (χ0n) is 14.8. The van der Waals surface area contributed by atoms with Crippen LogP contribution in [-0.2, 0) is 20.7 Å². The molecular weight excluding hydrogens is 576 g/mol. The molecule has 8 heteroatoms. The van der Waals surface area contributed by atoms with Crippen molar-refractivity contribution in [2.75, 3.05) is 6.61 Å². The minimum Gasteiger partial charge on any atom is -0.508 e. The number of benzene rings is 2. The lowest BCUT2D eigenvalue weighted by molar-refractivity contribution is -0.147. The Hall–Kier alpha value is -1.56. The fourth-order valence-corrected chi connectivity index (χ4v) is 4.49. The summed E-state index contributed by atoms with van der Waals surface area (Å²) in [6.07, 6.45) is 0.323. The van der Waals surface area contributed by atoms with Crippen molar-refractivity contribution in [1.82, 2.24) is 5.32 Å². The van der Waals surface area contributed by atoms with Crippen molar-refractivity contribution in [2.45, 2.75) is 26.3 Å². The molecule has 0 aliphatic carbocycles. The number of ether oxygens (including phenoxy) is 2. The number of carbonyl (C=O) groups is 2. The molecule has 1 unspecified atom stereocenters. The Morgan fingerprint density at radius 1 is 1.15 bits per heavy atom. The normalized spacial score (nSPS) is 11.6. The summed E-state index contributed by atoms with van der Waals surface area (Å²) in [5.74, 6) is 0.730. The summed E-state index contributed by atoms with van der Waals surface area (Å²) in [5, 5.41) is 12.0. The number of aromatic hydroxyl groups is 1. The Morgan fingerprint density at radius 3 is 2.26 bits per heavy atom. The van der Waals surface area contributed by atoms with Crippen LogP contribution >= 0.6 is 45.2 Å². The molecule has 0 aliphatic rings. The highest BCUT2D eigenvalue weighted by Gasteiger charge is 2.22. The lowest BCUT2D eigenvalue weighted by Gasteiger charge is -2.18. The Morgan fingerprint density at radius 2 is 1.74 bits per heavy atom. The van der Waals surface area contributed by atoms with Crippen molar-refractivity contribution in [2.24, 2.45) is 0 Å². The van der Waals surface area contributed by atoms with Crippen molar-refractivity contribution in [1.29, 1.82) is 0 Å². The minimum absolute atomic E-state index is 0.171. The van der Waals surface area contributed by atoms with Crippen molar-refractivity contribution < 1.29 is 24.2 Å². The van der Waals surface area contributed by atoms with Gasteiger partial charge >= 0.3 is 5.97 Å². The molecule has 0 spiro atoms. The molecular formula is C19H19I2NO5. The van der Waals surface area contributed by atoms with E-state index in [0.29, 0.717) is 17.9 Å². The van der Waals surface area contributed by atoms with Gasteiger partial charge in [-0.1, -0.05) is 0 Å². The fourth-order valence-electron chi connectivity index (χ4n) is 2.38. The topological polar surface area (TPSA) is 84.9 Å². The number of phenols is 1. The number of phenolic OH excluding ortho intramolecular Hbond substituents is 1. The van der Waals surface area contributed by atoms with Crippen LogP contribution < -0.4 is 10.1 Å². The zero-order chi connectivity index (χ0) is 20.0. The van der Waals surface area contributed by atoms with Crippen LogP contribution in [0, 0.1) is 7.14 Å². The number of esters is 1. The van der Waals surface area contributed by atoms with E-state index in [1.54, 1.807) is 31.2 Å². The molecule has 0 radical (unpaired) electrons. The molecule has 6 nitrogen and oxygen atoms in total. The van der Waals surface area contributed by atoms with E-state index in [1.165, 1.54) is 6.92 Å². The summed E-state index contributed by atoms with van der Waals surface area (Å²) in [7, 11) is 0. The fraction of sp³-hybridized carbons (Fsp3) is 0.263. The third kappa shape index (κ3) is 6.52. The van der Waals surface area contributed by atoms with Gasteiger partial charge in [0, 0.05) is 13.3 Å². The SMILES string of the molecule is CCOC(=O)C(Cc1cc(I)c(Oc2ccc(O)cc2)c(I)c1)NC(C)=O. The number of hydrogen-bond donors (Lipinski definition) is 2. The molecule has 2 rings (SSSR count). The molecule has 27 heavy (non-hydrogen) atoms. The third-order valence-electron chi connectivity index (χ3n) is 3.50. The summed E-state index contributed by atoms with van der Waals surface area (Å²) in [6.45, 7) is 3.35. The Labute approximate surface area is 184 Å². The molecule has 0 fully saturated rings. The molecule has 0 saturated carbocycles. The minimum atomic E-state index is -0.738. The molecule has 1 amide bonds. The number of hydrogen-bond acceptors (Lipinski definition) is 5. The van der Waals surface area contributed by atoms with E-state index in [9.17, 15) is 14.7 Å². The van der Waals surface area contributed by atoms with Gasteiger partial charge in [-0.25, -0.2) is 4.79 Å². The summed E-state index contributed by atoms with van der Waals surface area (Å²) >= 11 is 4.34. The van der Waals surface area contributed by atoms with Gasteiger partial charge < -0.3 is 19.9 Å². The van der Waals surface area contributed by atoms with Crippen LogP contribution in [0.4, 0.5) is 0 Å². The van der Waals surface area contributed by atoms with Crippen LogP contribution in [0.5, 0.6) is 17.2 Å². The van der Waals surface area contributed by atoms with E-state index in [2.05, 4.69) is 50.5 Å². The standard InChI is InChI=1S/C19H19I2NO5/c1-3-26-19(25)17(22-11(2)23)10-12-8-15(20)18(16(21)9-12)27-14-6-4-13(24)5-7-14/h4-9,17,24H,3,10H2,1-2H3,(H,22,23). The van der Waals surface area contributed by atoms with Gasteiger partial charge in [0.15, 0.2) is 5.75 Å². The molecule has 0 aliphatic heterocycles. The first-order valence-electron chi connectivity index (χ1n) is 8.18. The highest BCUT2D eigenvalue weighted by Crippen LogP contribution is 2.33. The van der Waals surface area contributed by atoms with Crippen LogP contribution in [-0.4, -0.2) is 29.6 Å². The van der Waals surface area contributed by atoms with Crippen molar-refractivity contribution in [3.8, 4) is 17.2 Å². The molecule has 0 heterocycles. The highest BCUT2D eigenvalue weighted by atomic mass is 127. The molecule has 0 saturated heterocycles. The quantitative estimate of drug-likeness (QED) is 0.374. The molecule has 2 aromatic rings. The first-order valence-corrected chi connectivity index (χ1v) is 10.3.